The number of benzene rings is 1. The average Bonchev–Trinajstić information content (AvgIpc) is 3.33. The molecule has 6 heteroatoms. The van der Waals surface area contributed by atoms with Crippen molar-refractivity contribution in [2.45, 2.75) is 22.8 Å². The van der Waals surface area contributed by atoms with Crippen molar-refractivity contribution in [1.82, 2.24) is 10.6 Å². The molecule has 3 aromatic rings. The molecule has 4 nitrogen and oxygen atoms in total. The van der Waals surface area contributed by atoms with E-state index in [9.17, 15) is 4.79 Å². The van der Waals surface area contributed by atoms with Gasteiger partial charge in [-0.1, -0.05) is 24.3 Å². The quantitative estimate of drug-likeness (QED) is 0.612. The number of hydrogen-bond donors (Lipinski definition) is 2. The number of thioether (sulfide) groups is 1. The van der Waals surface area contributed by atoms with Gasteiger partial charge in [-0.2, -0.15) is 0 Å². The molecule has 1 amide bonds. The van der Waals surface area contributed by atoms with Crippen molar-refractivity contribution in [1.29, 1.82) is 0 Å². The molecule has 0 saturated carbocycles. The minimum absolute atomic E-state index is 0.103. The molecular weight excluding hydrogens is 364 g/mol. The van der Waals surface area contributed by atoms with Crippen LogP contribution in [0.4, 0.5) is 0 Å². The Morgan fingerprint density at radius 1 is 1.31 bits per heavy atom. The monoisotopic (exact) mass is 386 g/mol. The van der Waals surface area contributed by atoms with Crippen molar-refractivity contribution in [3.8, 4) is 0 Å². The largest absolute Gasteiger partial charge is 0.451 e. The van der Waals surface area contributed by atoms with Crippen LogP contribution in [0.3, 0.4) is 0 Å². The first kappa shape index (κ1) is 17.6. The zero-order valence-corrected chi connectivity index (χ0v) is 16.1. The Kier molecular flexibility index (Phi) is 5.62. The second-order valence-electron chi connectivity index (χ2n) is 6.55. The van der Waals surface area contributed by atoms with Crippen molar-refractivity contribution < 1.29 is 9.21 Å². The number of piperidine rings is 1. The summed E-state index contributed by atoms with van der Waals surface area (Å²) in [5.74, 6) is 1.58. The summed E-state index contributed by atoms with van der Waals surface area (Å²) in [5.41, 5.74) is 1.76. The number of furan rings is 1. The minimum atomic E-state index is -0.103. The molecule has 3 heterocycles. The van der Waals surface area contributed by atoms with Gasteiger partial charge in [-0.3, -0.25) is 4.79 Å². The number of nitrogens with one attached hydrogen (secondary N) is 2. The highest BCUT2D eigenvalue weighted by Gasteiger charge is 2.22. The lowest BCUT2D eigenvalue weighted by atomic mass is 10.00. The second-order valence-corrected chi connectivity index (χ2v) is 8.77. The predicted octanol–water partition coefficient (Wildman–Crippen LogP) is 4.52. The molecule has 0 spiro atoms. The standard InChI is InChI=1S/C20H22N2O2S2/c23-20(22-12-14-5-3-9-21-11-14)19-16(13-26-18-8-4-10-25-18)15-6-1-2-7-17(15)24-19/h1-2,4,6-8,10,14,21H,3,5,9,11-13H2,(H,22,23). The summed E-state index contributed by atoms with van der Waals surface area (Å²) in [7, 11) is 0. The van der Waals surface area contributed by atoms with Crippen LogP contribution in [0, 0.1) is 5.92 Å². The number of thiophene rings is 1. The van der Waals surface area contributed by atoms with Crippen LogP contribution >= 0.6 is 23.1 Å². The first-order valence-corrected chi connectivity index (χ1v) is 10.8. The van der Waals surface area contributed by atoms with Crippen LogP contribution in [0.2, 0.25) is 0 Å². The minimum Gasteiger partial charge on any atom is -0.451 e. The van der Waals surface area contributed by atoms with Crippen LogP contribution in [-0.4, -0.2) is 25.5 Å². The molecule has 1 unspecified atom stereocenters. The normalized spacial score (nSPS) is 17.5. The van der Waals surface area contributed by atoms with Crippen molar-refractivity contribution in [3.63, 3.8) is 0 Å². The van der Waals surface area contributed by atoms with E-state index >= 15 is 0 Å². The Hall–Kier alpha value is -1.76. The summed E-state index contributed by atoms with van der Waals surface area (Å²) in [5, 5.41) is 9.57. The van der Waals surface area contributed by atoms with Crippen LogP contribution in [0.5, 0.6) is 0 Å². The highest BCUT2D eigenvalue weighted by molar-refractivity contribution is 8.00. The van der Waals surface area contributed by atoms with E-state index in [1.165, 1.54) is 10.6 Å². The topological polar surface area (TPSA) is 54.3 Å². The number of carbonyl (C=O) groups is 1. The van der Waals surface area contributed by atoms with Gasteiger partial charge in [-0.25, -0.2) is 0 Å². The molecule has 0 bridgehead atoms. The summed E-state index contributed by atoms with van der Waals surface area (Å²) in [6, 6.07) is 12.0. The summed E-state index contributed by atoms with van der Waals surface area (Å²) in [4.78, 5) is 12.8. The van der Waals surface area contributed by atoms with Crippen molar-refractivity contribution in [2.75, 3.05) is 19.6 Å². The van der Waals surface area contributed by atoms with Gasteiger partial charge in [0.1, 0.15) is 5.58 Å². The molecule has 0 radical (unpaired) electrons. The zero-order valence-electron chi connectivity index (χ0n) is 14.5. The van der Waals surface area contributed by atoms with Crippen molar-refractivity contribution in [3.05, 3.63) is 53.1 Å². The molecular formula is C20H22N2O2S2. The molecule has 0 aliphatic carbocycles. The fraction of sp³-hybridized carbons (Fsp3) is 0.350. The van der Waals surface area contributed by atoms with Crippen LogP contribution in [0.25, 0.3) is 11.0 Å². The average molecular weight is 387 g/mol. The third kappa shape index (κ3) is 3.98. The van der Waals surface area contributed by atoms with Gasteiger partial charge in [0.25, 0.3) is 5.91 Å². The van der Waals surface area contributed by atoms with E-state index in [0.29, 0.717) is 18.2 Å². The first-order chi connectivity index (χ1) is 12.8. The molecule has 136 valence electrons. The van der Waals surface area contributed by atoms with Gasteiger partial charge in [0.05, 0.1) is 4.21 Å². The molecule has 26 heavy (non-hydrogen) atoms. The maximum absolute atomic E-state index is 12.8. The van der Waals surface area contributed by atoms with Gasteiger partial charge in [0.15, 0.2) is 5.76 Å². The highest BCUT2D eigenvalue weighted by atomic mass is 32.2. The van der Waals surface area contributed by atoms with E-state index in [-0.39, 0.29) is 5.91 Å². The first-order valence-electron chi connectivity index (χ1n) is 8.97. The van der Waals surface area contributed by atoms with E-state index < -0.39 is 0 Å². The van der Waals surface area contributed by atoms with E-state index in [1.807, 2.05) is 30.3 Å². The van der Waals surface area contributed by atoms with Crippen LogP contribution < -0.4 is 10.6 Å². The van der Waals surface area contributed by atoms with Gasteiger partial charge in [-0.05, 0) is 49.4 Å². The van der Waals surface area contributed by atoms with E-state index in [0.717, 1.165) is 41.8 Å². The van der Waals surface area contributed by atoms with Crippen LogP contribution in [-0.2, 0) is 5.75 Å². The molecule has 1 aromatic carbocycles. The fourth-order valence-electron chi connectivity index (χ4n) is 3.33. The number of hydrogen-bond acceptors (Lipinski definition) is 5. The molecule has 1 saturated heterocycles. The highest BCUT2D eigenvalue weighted by Crippen LogP contribution is 2.33. The molecule has 1 fully saturated rings. The maximum Gasteiger partial charge on any atom is 0.287 e. The van der Waals surface area contributed by atoms with Gasteiger partial charge >= 0.3 is 0 Å². The lowest BCUT2D eigenvalue weighted by Crippen LogP contribution is -2.38. The van der Waals surface area contributed by atoms with Crippen molar-refractivity contribution in [2.24, 2.45) is 5.92 Å². The zero-order chi connectivity index (χ0) is 17.8. The molecule has 2 N–H and O–H groups in total. The number of para-hydroxylation sites is 1. The van der Waals surface area contributed by atoms with Gasteiger partial charge in [0.2, 0.25) is 0 Å². The Labute approximate surface area is 161 Å². The summed E-state index contributed by atoms with van der Waals surface area (Å²) < 4.78 is 7.18. The molecule has 1 aliphatic heterocycles. The van der Waals surface area contributed by atoms with Gasteiger partial charge < -0.3 is 15.1 Å². The molecule has 1 atom stereocenters. The third-order valence-electron chi connectivity index (χ3n) is 4.71. The summed E-state index contributed by atoms with van der Waals surface area (Å²) in [6.07, 6.45) is 2.34. The summed E-state index contributed by atoms with van der Waals surface area (Å²) in [6.45, 7) is 2.75. The van der Waals surface area contributed by atoms with Crippen LogP contribution in [0.1, 0.15) is 29.0 Å². The predicted molar refractivity (Wildman–Crippen MR) is 108 cm³/mol. The smallest absolute Gasteiger partial charge is 0.287 e. The lowest BCUT2D eigenvalue weighted by molar-refractivity contribution is 0.0918. The van der Waals surface area contributed by atoms with Crippen molar-refractivity contribution >= 4 is 40.0 Å². The van der Waals surface area contributed by atoms with E-state index in [4.69, 9.17) is 4.42 Å². The summed E-state index contributed by atoms with van der Waals surface area (Å²) >= 11 is 3.46. The molecule has 4 rings (SSSR count). The number of rotatable bonds is 6. The Morgan fingerprint density at radius 3 is 3.04 bits per heavy atom. The maximum atomic E-state index is 12.8. The number of amides is 1. The fourth-order valence-corrected chi connectivity index (χ4v) is 5.14. The SMILES string of the molecule is O=C(NCC1CCCNC1)c1oc2ccccc2c1CSc1cccs1. The van der Waals surface area contributed by atoms with Gasteiger partial charge in [0, 0.05) is 23.2 Å². The Morgan fingerprint density at radius 2 is 2.23 bits per heavy atom. The lowest BCUT2D eigenvalue weighted by Gasteiger charge is -2.22. The second kappa shape index (κ2) is 8.29. The number of fused-ring (bicyclic) bond motifs is 1. The van der Waals surface area contributed by atoms with Crippen LogP contribution in [0.15, 0.2) is 50.4 Å². The molecule has 2 aromatic heterocycles. The van der Waals surface area contributed by atoms with Gasteiger partial charge in [-0.15, -0.1) is 23.1 Å². The number of carbonyl (C=O) groups excluding carboxylic acids is 1. The van der Waals surface area contributed by atoms with E-state index in [1.54, 1.807) is 23.1 Å². The Balaban J connectivity index is 1.52. The Bertz CT molecular complexity index is 867. The van der Waals surface area contributed by atoms with E-state index in [2.05, 4.69) is 22.1 Å². The third-order valence-corrected chi connectivity index (χ3v) is 6.87. The molecule has 1 aliphatic rings.